The van der Waals surface area contributed by atoms with E-state index in [1.54, 1.807) is 7.11 Å². The summed E-state index contributed by atoms with van der Waals surface area (Å²) in [5.41, 5.74) is 0. The predicted octanol–water partition coefficient (Wildman–Crippen LogP) is 3.81. The Morgan fingerprint density at radius 1 is 1.08 bits per heavy atom. The third-order valence-corrected chi connectivity index (χ3v) is 9.85. The molecule has 0 bridgehead atoms. The van der Waals surface area contributed by atoms with Crippen LogP contribution in [0.3, 0.4) is 0 Å². The number of rotatable bonds is 11. The number of ether oxygens (including phenoxy) is 2. The van der Waals surface area contributed by atoms with Crippen LogP contribution in [-0.4, -0.2) is 63.5 Å². The summed E-state index contributed by atoms with van der Waals surface area (Å²) in [6.45, 7) is 13.8. The molecule has 1 saturated heterocycles. The SMILES string of the molecule is C.[B][C@@H]1O[C@H](COC)C(O[Si](C)(C)O[Si](C)(C)OCCCCC)C1C. The summed E-state index contributed by atoms with van der Waals surface area (Å²) in [7, 11) is 3.12. The van der Waals surface area contributed by atoms with Gasteiger partial charge < -0.3 is 22.4 Å². The van der Waals surface area contributed by atoms with Crippen LogP contribution < -0.4 is 0 Å². The third kappa shape index (κ3) is 8.68. The first-order valence-corrected chi connectivity index (χ1v) is 14.7. The molecule has 8 heteroatoms. The first-order valence-electron chi connectivity index (χ1n) is 9.04. The minimum absolute atomic E-state index is 0. The molecule has 148 valence electrons. The van der Waals surface area contributed by atoms with Crippen LogP contribution in [0.1, 0.15) is 40.5 Å². The van der Waals surface area contributed by atoms with Gasteiger partial charge in [0.2, 0.25) is 0 Å². The lowest BCUT2D eigenvalue weighted by Gasteiger charge is -2.36. The molecule has 1 aliphatic heterocycles. The fourth-order valence-corrected chi connectivity index (χ4v) is 9.87. The van der Waals surface area contributed by atoms with Gasteiger partial charge in [-0.1, -0.05) is 34.1 Å². The van der Waals surface area contributed by atoms with Crippen molar-refractivity contribution in [1.82, 2.24) is 0 Å². The summed E-state index contributed by atoms with van der Waals surface area (Å²) in [5, 5.41) is 0. The molecule has 2 unspecified atom stereocenters. The van der Waals surface area contributed by atoms with E-state index in [4.69, 9.17) is 30.3 Å². The summed E-state index contributed by atoms with van der Waals surface area (Å²) in [5.74, 6) is 0.107. The molecule has 0 aromatic carbocycles. The zero-order valence-electron chi connectivity index (χ0n) is 16.5. The average Bonchev–Trinajstić information content (AvgIpc) is 2.70. The number of hydrogen-bond acceptors (Lipinski definition) is 5. The fraction of sp³-hybridized carbons (Fsp3) is 1.00. The van der Waals surface area contributed by atoms with Crippen molar-refractivity contribution in [3.63, 3.8) is 0 Å². The second kappa shape index (κ2) is 11.2. The zero-order valence-corrected chi connectivity index (χ0v) is 18.5. The standard InChI is InChI=1S/C16H35BO5Si2.CH4/c1-8-9-10-11-19-23(4,5)22-24(6,7)21-15-13(2)16(17)20-14(15)12-18-3;/h13-16H,8-12H2,1-7H3;1H4/t13?,14-,15?,16-;/m1./s1. The average molecular weight is 390 g/mol. The summed E-state index contributed by atoms with van der Waals surface area (Å²) in [4.78, 5) is 0. The lowest BCUT2D eigenvalue weighted by atomic mass is 9.86. The van der Waals surface area contributed by atoms with Gasteiger partial charge in [0.25, 0.3) is 0 Å². The molecule has 1 rings (SSSR count). The van der Waals surface area contributed by atoms with Gasteiger partial charge in [0.1, 0.15) is 14.0 Å². The Kier molecular flexibility index (Phi) is 11.3. The highest BCUT2D eigenvalue weighted by Gasteiger charge is 2.45. The third-order valence-electron chi connectivity index (χ3n) is 4.17. The van der Waals surface area contributed by atoms with E-state index in [-0.39, 0.29) is 31.6 Å². The van der Waals surface area contributed by atoms with Crippen LogP contribution in [0, 0.1) is 5.92 Å². The van der Waals surface area contributed by atoms with E-state index in [1.807, 2.05) is 0 Å². The second-order valence-electron chi connectivity index (χ2n) is 7.49. The van der Waals surface area contributed by atoms with Gasteiger partial charge in [-0.25, -0.2) is 0 Å². The van der Waals surface area contributed by atoms with Crippen molar-refractivity contribution in [2.24, 2.45) is 5.92 Å². The number of unbranched alkanes of at least 4 members (excludes halogenated alkanes) is 2. The van der Waals surface area contributed by atoms with E-state index < -0.39 is 17.1 Å². The maximum absolute atomic E-state index is 6.40. The summed E-state index contributed by atoms with van der Waals surface area (Å²) in [6.07, 6.45) is 3.21. The van der Waals surface area contributed by atoms with Crippen molar-refractivity contribution >= 4 is 25.0 Å². The van der Waals surface area contributed by atoms with E-state index >= 15 is 0 Å². The Morgan fingerprint density at radius 2 is 1.72 bits per heavy atom. The first kappa shape index (κ1) is 25.3. The summed E-state index contributed by atoms with van der Waals surface area (Å²) >= 11 is 0. The Balaban J connectivity index is 0.00000576. The molecule has 25 heavy (non-hydrogen) atoms. The fourth-order valence-electron chi connectivity index (χ4n) is 3.05. The van der Waals surface area contributed by atoms with Gasteiger partial charge in [-0.05, 0) is 32.6 Å². The second-order valence-corrected chi connectivity index (χ2v) is 14.4. The van der Waals surface area contributed by atoms with Gasteiger partial charge >= 0.3 is 17.1 Å². The first-order chi connectivity index (χ1) is 11.1. The monoisotopic (exact) mass is 390 g/mol. The molecule has 2 radical (unpaired) electrons. The van der Waals surface area contributed by atoms with E-state index in [0.717, 1.165) is 13.0 Å². The molecule has 0 spiro atoms. The van der Waals surface area contributed by atoms with Crippen molar-refractivity contribution in [1.29, 1.82) is 0 Å². The van der Waals surface area contributed by atoms with Gasteiger partial charge in [-0.15, -0.1) is 0 Å². The van der Waals surface area contributed by atoms with Crippen molar-refractivity contribution in [3.8, 4) is 0 Å². The maximum atomic E-state index is 6.40. The van der Waals surface area contributed by atoms with E-state index in [1.165, 1.54) is 12.8 Å². The van der Waals surface area contributed by atoms with Crippen LogP contribution >= 0.6 is 0 Å². The Labute approximate surface area is 159 Å². The van der Waals surface area contributed by atoms with Crippen LogP contribution in [0.5, 0.6) is 0 Å². The highest BCUT2D eigenvalue weighted by molar-refractivity contribution is 6.78. The summed E-state index contributed by atoms with van der Waals surface area (Å²) in [6, 6.07) is -0.324. The molecule has 0 aromatic heterocycles. The quantitative estimate of drug-likeness (QED) is 0.397. The highest BCUT2D eigenvalue weighted by atomic mass is 28.5. The molecule has 5 nitrogen and oxygen atoms in total. The molecule has 0 N–H and O–H groups in total. The van der Waals surface area contributed by atoms with Crippen molar-refractivity contribution < 1.29 is 22.4 Å². The Morgan fingerprint density at radius 3 is 2.28 bits per heavy atom. The van der Waals surface area contributed by atoms with Crippen LogP contribution in [0.25, 0.3) is 0 Å². The van der Waals surface area contributed by atoms with Gasteiger partial charge in [0.05, 0.1) is 12.7 Å². The largest absolute Gasteiger partial charge is 0.415 e. The Hall–Kier alpha value is 0.299. The lowest BCUT2D eigenvalue weighted by molar-refractivity contribution is -0.0181. The van der Waals surface area contributed by atoms with Crippen molar-refractivity contribution in [2.45, 2.75) is 84.9 Å². The predicted molar refractivity (Wildman–Crippen MR) is 109 cm³/mol. The van der Waals surface area contributed by atoms with Crippen molar-refractivity contribution in [3.05, 3.63) is 0 Å². The van der Waals surface area contributed by atoms with E-state index in [2.05, 4.69) is 40.0 Å². The minimum Gasteiger partial charge on any atom is -0.415 e. The van der Waals surface area contributed by atoms with Crippen molar-refractivity contribution in [2.75, 3.05) is 20.3 Å². The smallest absolute Gasteiger partial charge is 0.323 e. The molecular weight excluding hydrogens is 351 g/mol. The van der Waals surface area contributed by atoms with Gasteiger partial charge in [0, 0.05) is 25.6 Å². The van der Waals surface area contributed by atoms with E-state index in [0.29, 0.717) is 6.61 Å². The molecule has 4 atom stereocenters. The topological polar surface area (TPSA) is 46.2 Å². The molecule has 1 aliphatic rings. The van der Waals surface area contributed by atoms with Crippen LogP contribution in [-0.2, 0) is 22.4 Å². The highest BCUT2D eigenvalue weighted by Crippen LogP contribution is 2.31. The van der Waals surface area contributed by atoms with Gasteiger partial charge in [-0.3, -0.25) is 0 Å². The molecule has 1 fully saturated rings. The van der Waals surface area contributed by atoms with Crippen LogP contribution in [0.2, 0.25) is 26.2 Å². The molecule has 1 heterocycles. The number of methoxy groups -OCH3 is 1. The molecule has 0 amide bonds. The zero-order chi connectivity index (χ0) is 18.4. The van der Waals surface area contributed by atoms with Crippen LogP contribution in [0.15, 0.2) is 0 Å². The van der Waals surface area contributed by atoms with Gasteiger partial charge in [0.15, 0.2) is 0 Å². The number of hydrogen-bond donors (Lipinski definition) is 0. The maximum Gasteiger partial charge on any atom is 0.323 e. The molecule has 0 aliphatic carbocycles. The molecule has 0 aromatic rings. The lowest BCUT2D eigenvalue weighted by Crippen LogP contribution is -2.52. The normalized spacial score (nSPS) is 27.3. The minimum atomic E-state index is -2.37. The van der Waals surface area contributed by atoms with E-state index in [9.17, 15) is 0 Å². The van der Waals surface area contributed by atoms with Crippen LogP contribution in [0.4, 0.5) is 0 Å². The van der Waals surface area contributed by atoms with Gasteiger partial charge in [-0.2, -0.15) is 0 Å². The molecular formula is C17H39BO5Si2. The Bertz CT molecular complexity index is 371. The molecule has 0 saturated carbocycles. The summed E-state index contributed by atoms with van der Waals surface area (Å²) < 4.78 is 29.8.